The second-order valence-electron chi connectivity index (χ2n) is 7.17. The molecule has 20 heavy (non-hydrogen) atoms. The zero-order chi connectivity index (χ0) is 14.8. The summed E-state index contributed by atoms with van der Waals surface area (Å²) < 4.78 is 5.23. The molecule has 0 bridgehead atoms. The van der Waals surface area contributed by atoms with Crippen LogP contribution in [0.5, 0.6) is 0 Å². The van der Waals surface area contributed by atoms with Gasteiger partial charge in [0.05, 0.1) is 12.7 Å². The molecule has 0 aromatic carbocycles. The van der Waals surface area contributed by atoms with Crippen LogP contribution in [-0.2, 0) is 4.74 Å². The highest BCUT2D eigenvalue weighted by Crippen LogP contribution is 2.63. The predicted molar refractivity (Wildman–Crippen MR) is 71.6 cm³/mol. The van der Waals surface area contributed by atoms with Crippen molar-refractivity contribution in [3.63, 3.8) is 0 Å². The van der Waals surface area contributed by atoms with E-state index in [1.165, 1.54) is 0 Å². The molecule has 1 saturated carbocycles. The highest BCUT2D eigenvalue weighted by atomic mass is 16.6. The van der Waals surface area contributed by atoms with E-state index in [1.54, 1.807) is 6.08 Å². The van der Waals surface area contributed by atoms with Crippen LogP contribution >= 0.6 is 0 Å². The third-order valence-corrected chi connectivity index (χ3v) is 6.07. The van der Waals surface area contributed by atoms with Gasteiger partial charge in [-0.25, -0.2) is 0 Å². The Morgan fingerprint density at radius 3 is 2.65 bits per heavy atom. The van der Waals surface area contributed by atoms with Crippen LogP contribution in [0.15, 0.2) is 11.6 Å². The normalized spacial score (nSPS) is 55.1. The second-order valence-corrected chi connectivity index (χ2v) is 7.17. The molecule has 114 valence electrons. The zero-order valence-corrected chi connectivity index (χ0v) is 12.0. The van der Waals surface area contributed by atoms with E-state index in [4.69, 9.17) is 4.74 Å². The summed E-state index contributed by atoms with van der Waals surface area (Å²) in [5, 5.41) is 41.7. The van der Waals surface area contributed by atoms with E-state index in [0.717, 1.165) is 12.8 Å². The van der Waals surface area contributed by atoms with Crippen molar-refractivity contribution in [3.8, 4) is 0 Å². The standard InChI is InChI=1S/C15H24O5/c1-13(8-16)4-3-5-14(2)11(13)10(17)6-9-7-20-12(18)15(9,14)19/h6,10-12,16-19H,3-5,7-8H2,1-2H3. The Morgan fingerprint density at radius 1 is 1.30 bits per heavy atom. The van der Waals surface area contributed by atoms with Crippen LogP contribution in [0, 0.1) is 16.7 Å². The van der Waals surface area contributed by atoms with Gasteiger partial charge in [-0.15, -0.1) is 0 Å². The molecular formula is C15H24O5. The maximum atomic E-state index is 11.1. The van der Waals surface area contributed by atoms with Gasteiger partial charge in [-0.05, 0) is 23.8 Å². The fraction of sp³-hybridized carbons (Fsp3) is 0.867. The summed E-state index contributed by atoms with van der Waals surface area (Å²) in [6.07, 6.45) is 1.95. The number of aliphatic hydroxyl groups is 4. The molecule has 0 aromatic heterocycles. The first kappa shape index (κ1) is 14.5. The lowest BCUT2D eigenvalue weighted by Gasteiger charge is -2.60. The first-order valence-electron chi connectivity index (χ1n) is 7.32. The van der Waals surface area contributed by atoms with Gasteiger partial charge < -0.3 is 25.2 Å². The van der Waals surface area contributed by atoms with Crippen LogP contribution in [-0.4, -0.2) is 51.6 Å². The van der Waals surface area contributed by atoms with Gasteiger partial charge in [-0.3, -0.25) is 0 Å². The Hall–Kier alpha value is -0.460. The van der Waals surface area contributed by atoms with Crippen LogP contribution in [0.1, 0.15) is 33.1 Å². The molecule has 6 unspecified atom stereocenters. The van der Waals surface area contributed by atoms with Crippen LogP contribution < -0.4 is 0 Å². The third kappa shape index (κ3) is 1.50. The molecular weight excluding hydrogens is 260 g/mol. The van der Waals surface area contributed by atoms with Gasteiger partial charge in [0.1, 0.15) is 5.60 Å². The lowest BCUT2D eigenvalue weighted by molar-refractivity contribution is -0.247. The maximum Gasteiger partial charge on any atom is 0.188 e. The molecule has 2 fully saturated rings. The van der Waals surface area contributed by atoms with Gasteiger partial charge in [-0.2, -0.15) is 0 Å². The summed E-state index contributed by atoms with van der Waals surface area (Å²) in [6, 6.07) is 0. The molecule has 5 heteroatoms. The smallest absolute Gasteiger partial charge is 0.188 e. The van der Waals surface area contributed by atoms with E-state index in [1.807, 2.05) is 13.8 Å². The zero-order valence-electron chi connectivity index (χ0n) is 12.0. The first-order chi connectivity index (χ1) is 9.29. The summed E-state index contributed by atoms with van der Waals surface area (Å²) in [7, 11) is 0. The lowest BCUT2D eigenvalue weighted by Crippen LogP contribution is -2.66. The fourth-order valence-electron chi connectivity index (χ4n) is 5.02. The Labute approximate surface area is 118 Å². The summed E-state index contributed by atoms with van der Waals surface area (Å²) in [4.78, 5) is 0. The van der Waals surface area contributed by atoms with Crippen molar-refractivity contribution in [1.82, 2.24) is 0 Å². The Bertz CT molecular complexity index is 450. The molecule has 2 aliphatic carbocycles. The van der Waals surface area contributed by atoms with E-state index in [0.29, 0.717) is 12.0 Å². The average molecular weight is 284 g/mol. The minimum atomic E-state index is -1.46. The minimum Gasteiger partial charge on any atom is -0.396 e. The summed E-state index contributed by atoms with van der Waals surface area (Å²) in [5.41, 5.74) is -2.07. The molecule has 0 spiro atoms. The summed E-state index contributed by atoms with van der Waals surface area (Å²) in [5.74, 6) is -0.307. The van der Waals surface area contributed by atoms with E-state index < -0.39 is 28.8 Å². The maximum absolute atomic E-state index is 11.1. The molecule has 4 N–H and O–H groups in total. The van der Waals surface area contributed by atoms with Crippen LogP contribution in [0.3, 0.4) is 0 Å². The van der Waals surface area contributed by atoms with Crippen molar-refractivity contribution in [3.05, 3.63) is 11.6 Å². The number of hydrogen-bond acceptors (Lipinski definition) is 5. The van der Waals surface area contributed by atoms with Gasteiger partial charge in [0.2, 0.25) is 0 Å². The predicted octanol–water partition coefficient (Wildman–Crippen LogP) is 0.172. The molecule has 1 heterocycles. The van der Waals surface area contributed by atoms with E-state index in [2.05, 4.69) is 0 Å². The first-order valence-corrected chi connectivity index (χ1v) is 7.32. The third-order valence-electron chi connectivity index (χ3n) is 6.07. The molecule has 5 nitrogen and oxygen atoms in total. The molecule has 6 atom stereocenters. The van der Waals surface area contributed by atoms with Crippen molar-refractivity contribution >= 4 is 0 Å². The van der Waals surface area contributed by atoms with Crippen LogP contribution in [0.25, 0.3) is 0 Å². The van der Waals surface area contributed by atoms with E-state index in [-0.39, 0.29) is 19.1 Å². The minimum absolute atomic E-state index is 0.0411. The van der Waals surface area contributed by atoms with Crippen molar-refractivity contribution in [2.24, 2.45) is 16.7 Å². The van der Waals surface area contributed by atoms with Crippen LogP contribution in [0.2, 0.25) is 0 Å². The van der Waals surface area contributed by atoms with Gasteiger partial charge in [0.25, 0.3) is 0 Å². The quantitative estimate of drug-likeness (QED) is 0.515. The van der Waals surface area contributed by atoms with Crippen molar-refractivity contribution in [2.75, 3.05) is 13.2 Å². The Balaban J connectivity index is 2.16. The molecule has 1 saturated heterocycles. The number of ether oxygens (including phenoxy) is 1. The monoisotopic (exact) mass is 284 g/mol. The van der Waals surface area contributed by atoms with Gasteiger partial charge >= 0.3 is 0 Å². The van der Waals surface area contributed by atoms with Gasteiger partial charge in [0.15, 0.2) is 6.29 Å². The molecule has 0 radical (unpaired) electrons. The van der Waals surface area contributed by atoms with Crippen molar-refractivity contribution in [1.29, 1.82) is 0 Å². The van der Waals surface area contributed by atoms with E-state index >= 15 is 0 Å². The van der Waals surface area contributed by atoms with Crippen molar-refractivity contribution in [2.45, 2.75) is 51.1 Å². The Morgan fingerprint density at radius 2 is 2.00 bits per heavy atom. The highest BCUT2D eigenvalue weighted by molar-refractivity contribution is 5.35. The fourth-order valence-corrected chi connectivity index (χ4v) is 5.02. The highest BCUT2D eigenvalue weighted by Gasteiger charge is 2.68. The molecule has 3 aliphatic rings. The van der Waals surface area contributed by atoms with Crippen molar-refractivity contribution < 1.29 is 25.2 Å². The molecule has 0 aromatic rings. The summed E-state index contributed by atoms with van der Waals surface area (Å²) in [6.45, 7) is 3.95. The number of rotatable bonds is 1. The SMILES string of the molecule is CC1(CO)CCCC2(C)C1C(O)C=C1COC(O)C12O. The molecule has 1 aliphatic heterocycles. The van der Waals surface area contributed by atoms with Gasteiger partial charge in [-0.1, -0.05) is 26.3 Å². The average Bonchev–Trinajstić information content (AvgIpc) is 2.68. The molecule has 3 rings (SSSR count). The second kappa shape index (κ2) is 4.27. The number of fused-ring (bicyclic) bond motifs is 3. The topological polar surface area (TPSA) is 90.2 Å². The largest absolute Gasteiger partial charge is 0.396 e. The molecule has 0 amide bonds. The Kier molecular flexibility index (Phi) is 3.09. The number of hydrogen-bond donors (Lipinski definition) is 4. The van der Waals surface area contributed by atoms with E-state index in [9.17, 15) is 20.4 Å². The van der Waals surface area contributed by atoms with Gasteiger partial charge in [0, 0.05) is 17.9 Å². The summed E-state index contributed by atoms with van der Waals surface area (Å²) >= 11 is 0. The number of aliphatic hydroxyl groups excluding tert-OH is 3. The van der Waals surface area contributed by atoms with Crippen LogP contribution in [0.4, 0.5) is 0 Å². The lowest BCUT2D eigenvalue weighted by atomic mass is 9.46.